The minimum atomic E-state index is -0.180. The highest BCUT2D eigenvalue weighted by molar-refractivity contribution is 7.99. The van der Waals surface area contributed by atoms with Gasteiger partial charge in [-0.05, 0) is 12.2 Å². The van der Waals surface area contributed by atoms with Crippen LogP contribution in [0.3, 0.4) is 0 Å². The second kappa shape index (κ2) is 6.67. The number of thioether (sulfide) groups is 1. The lowest BCUT2D eigenvalue weighted by Crippen LogP contribution is -2.59. The van der Waals surface area contributed by atoms with Gasteiger partial charge in [0.15, 0.2) is 0 Å². The van der Waals surface area contributed by atoms with Crippen molar-refractivity contribution in [2.45, 2.75) is 12.0 Å². The number of carbonyl (C=O) groups is 1. The van der Waals surface area contributed by atoms with Crippen molar-refractivity contribution in [2.75, 3.05) is 49.7 Å². The van der Waals surface area contributed by atoms with Gasteiger partial charge in [0.1, 0.15) is 0 Å². The average molecular weight is 311 g/mol. The van der Waals surface area contributed by atoms with E-state index in [9.17, 15) is 4.79 Å². The molecule has 8 heteroatoms. The van der Waals surface area contributed by atoms with Gasteiger partial charge in [0.25, 0.3) is 0 Å². The van der Waals surface area contributed by atoms with Crippen LogP contribution in [0.15, 0.2) is 12.4 Å². The number of hydrogen-bond acceptors (Lipinski definition) is 5. The Bertz CT molecular complexity index is 455. The van der Waals surface area contributed by atoms with Crippen molar-refractivity contribution in [1.82, 2.24) is 20.4 Å². The van der Waals surface area contributed by atoms with Crippen molar-refractivity contribution in [3.05, 3.63) is 12.4 Å². The Morgan fingerprint density at radius 1 is 1.52 bits per heavy atom. The number of aromatic amines is 1. The van der Waals surface area contributed by atoms with Crippen LogP contribution < -0.4 is 10.6 Å². The number of H-pyrrole nitrogens is 1. The summed E-state index contributed by atoms with van der Waals surface area (Å²) >= 11 is 1.96. The third kappa shape index (κ3) is 3.50. The maximum atomic E-state index is 12.0. The second-order valence-corrected chi connectivity index (χ2v) is 6.53. The van der Waals surface area contributed by atoms with Crippen LogP contribution in [-0.4, -0.2) is 71.0 Å². The van der Waals surface area contributed by atoms with Crippen LogP contribution in [0.25, 0.3) is 0 Å². The van der Waals surface area contributed by atoms with Crippen LogP contribution in [-0.2, 0) is 4.74 Å². The van der Waals surface area contributed by atoms with Gasteiger partial charge in [0.05, 0.1) is 25.1 Å². The predicted molar refractivity (Wildman–Crippen MR) is 82.7 cm³/mol. The molecule has 0 unspecified atom stereocenters. The fourth-order valence-electron chi connectivity index (χ4n) is 2.87. The Balaban J connectivity index is 1.56. The minimum Gasteiger partial charge on any atom is -0.379 e. The highest BCUT2D eigenvalue weighted by Crippen LogP contribution is 2.33. The topological polar surface area (TPSA) is 82.3 Å². The molecule has 3 rings (SSSR count). The summed E-state index contributed by atoms with van der Waals surface area (Å²) in [7, 11) is 0. The van der Waals surface area contributed by atoms with E-state index in [1.54, 1.807) is 12.4 Å². The molecule has 2 fully saturated rings. The molecule has 0 bridgehead atoms. The van der Waals surface area contributed by atoms with E-state index in [2.05, 4.69) is 25.7 Å². The third-order valence-electron chi connectivity index (χ3n) is 4.10. The van der Waals surface area contributed by atoms with Crippen molar-refractivity contribution in [1.29, 1.82) is 0 Å². The van der Waals surface area contributed by atoms with E-state index >= 15 is 0 Å². The van der Waals surface area contributed by atoms with Crippen LogP contribution in [0.1, 0.15) is 6.42 Å². The highest BCUT2D eigenvalue weighted by atomic mass is 32.2. The molecule has 0 aliphatic carbocycles. The first kappa shape index (κ1) is 14.7. The molecule has 1 atom stereocenters. The maximum Gasteiger partial charge on any atom is 0.319 e. The molecule has 1 aromatic heterocycles. The van der Waals surface area contributed by atoms with Crippen molar-refractivity contribution < 1.29 is 9.53 Å². The summed E-state index contributed by atoms with van der Waals surface area (Å²) in [6, 6.07) is -0.180. The summed E-state index contributed by atoms with van der Waals surface area (Å²) in [4.78, 5) is 14.5. The number of ether oxygens (including phenoxy) is 1. The molecular weight excluding hydrogens is 290 g/mol. The second-order valence-electron chi connectivity index (χ2n) is 5.42. The van der Waals surface area contributed by atoms with E-state index in [1.165, 1.54) is 0 Å². The highest BCUT2D eigenvalue weighted by Gasteiger charge is 2.40. The van der Waals surface area contributed by atoms with Crippen molar-refractivity contribution in [3.63, 3.8) is 0 Å². The third-order valence-corrected chi connectivity index (χ3v) is 5.33. The molecule has 0 radical (unpaired) electrons. The first-order valence-electron chi connectivity index (χ1n) is 7.23. The van der Waals surface area contributed by atoms with Gasteiger partial charge in [-0.25, -0.2) is 4.79 Å². The van der Waals surface area contributed by atoms with Gasteiger partial charge < -0.3 is 15.4 Å². The molecule has 2 aliphatic heterocycles. The number of nitrogens with one attached hydrogen (secondary N) is 3. The summed E-state index contributed by atoms with van der Waals surface area (Å²) in [5.41, 5.74) is 0.746. The van der Waals surface area contributed by atoms with E-state index in [0.717, 1.165) is 44.2 Å². The molecule has 0 spiro atoms. The fraction of sp³-hybridized carbons (Fsp3) is 0.692. The van der Waals surface area contributed by atoms with Crippen LogP contribution >= 0.6 is 11.8 Å². The Kier molecular flexibility index (Phi) is 4.67. The summed E-state index contributed by atoms with van der Waals surface area (Å²) < 4.78 is 5.44. The summed E-state index contributed by atoms with van der Waals surface area (Å²) in [5.74, 6) is 2.22. The van der Waals surface area contributed by atoms with E-state index in [1.807, 2.05) is 11.8 Å². The molecule has 2 aliphatic rings. The number of nitrogens with zero attached hydrogens (tertiary/aromatic N) is 2. The summed E-state index contributed by atoms with van der Waals surface area (Å²) in [6.45, 7) is 4.14. The van der Waals surface area contributed by atoms with E-state index in [0.29, 0.717) is 12.2 Å². The van der Waals surface area contributed by atoms with Crippen molar-refractivity contribution in [3.8, 4) is 0 Å². The molecule has 3 N–H and O–H groups in total. The van der Waals surface area contributed by atoms with Gasteiger partial charge in [-0.1, -0.05) is 0 Å². The van der Waals surface area contributed by atoms with Gasteiger partial charge in [-0.15, -0.1) is 0 Å². The van der Waals surface area contributed by atoms with Crippen LogP contribution in [0, 0.1) is 0 Å². The quantitative estimate of drug-likeness (QED) is 0.764. The van der Waals surface area contributed by atoms with Gasteiger partial charge in [-0.3, -0.25) is 10.00 Å². The first-order valence-corrected chi connectivity index (χ1v) is 8.38. The molecule has 3 heterocycles. The molecule has 0 saturated carbocycles. The number of amides is 2. The lowest BCUT2D eigenvalue weighted by molar-refractivity contribution is -0.0123. The molecule has 0 aromatic carbocycles. The summed E-state index contributed by atoms with van der Waals surface area (Å²) in [5, 5.41) is 12.3. The summed E-state index contributed by atoms with van der Waals surface area (Å²) in [6.07, 6.45) is 4.36. The molecule has 7 nitrogen and oxygen atoms in total. The largest absolute Gasteiger partial charge is 0.379 e. The smallest absolute Gasteiger partial charge is 0.319 e. The lowest BCUT2D eigenvalue weighted by atomic mass is 9.95. The average Bonchev–Trinajstić information content (AvgIpc) is 3.18. The molecule has 2 amide bonds. The van der Waals surface area contributed by atoms with Gasteiger partial charge >= 0.3 is 6.03 Å². The van der Waals surface area contributed by atoms with Crippen molar-refractivity contribution >= 4 is 23.5 Å². The van der Waals surface area contributed by atoms with Crippen LogP contribution in [0.4, 0.5) is 10.5 Å². The minimum absolute atomic E-state index is 0.0716. The first-order chi connectivity index (χ1) is 10.3. The Hall–Kier alpha value is -1.25. The zero-order chi connectivity index (χ0) is 14.5. The molecule has 1 aromatic rings. The molecular formula is C13H21N5O2S. The van der Waals surface area contributed by atoms with E-state index < -0.39 is 0 Å². The van der Waals surface area contributed by atoms with Crippen molar-refractivity contribution in [2.24, 2.45) is 0 Å². The zero-order valence-corrected chi connectivity index (χ0v) is 12.7. The number of rotatable bonds is 4. The predicted octanol–water partition coefficient (Wildman–Crippen LogP) is 0.739. The fourth-order valence-corrected chi connectivity index (χ4v) is 4.35. The SMILES string of the molecule is O=C(NC[C@@]1(N2CCOCC2)CCSC1)Nc1cn[nH]c1. The molecule has 21 heavy (non-hydrogen) atoms. The van der Waals surface area contributed by atoms with Crippen LogP contribution in [0.2, 0.25) is 0 Å². The monoisotopic (exact) mass is 311 g/mol. The Labute approximate surface area is 128 Å². The van der Waals surface area contributed by atoms with Gasteiger partial charge in [0, 0.05) is 37.1 Å². The number of hydrogen-bond donors (Lipinski definition) is 3. The van der Waals surface area contributed by atoms with Gasteiger partial charge in [-0.2, -0.15) is 16.9 Å². The number of morpholine rings is 1. The number of carbonyl (C=O) groups excluding carboxylic acids is 1. The Morgan fingerprint density at radius 3 is 3.05 bits per heavy atom. The molecule has 116 valence electrons. The normalized spacial score (nSPS) is 26.7. The number of urea groups is 1. The zero-order valence-electron chi connectivity index (χ0n) is 11.9. The van der Waals surface area contributed by atoms with Gasteiger partial charge in [0.2, 0.25) is 0 Å². The van der Waals surface area contributed by atoms with Crippen LogP contribution in [0.5, 0.6) is 0 Å². The number of aromatic nitrogens is 2. The molecule has 2 saturated heterocycles. The van der Waals surface area contributed by atoms with E-state index in [4.69, 9.17) is 4.74 Å². The van der Waals surface area contributed by atoms with E-state index in [-0.39, 0.29) is 11.6 Å². The maximum absolute atomic E-state index is 12.0. The lowest BCUT2D eigenvalue weighted by Gasteiger charge is -2.42. The number of anilines is 1. The standard InChI is InChI=1S/C13H21N5O2S/c19-12(17-11-7-15-16-8-11)14-9-13(1-6-21-10-13)18-2-4-20-5-3-18/h7-8H,1-6,9-10H2,(H,15,16)(H2,14,17,19)/t13-/m0/s1. The Morgan fingerprint density at radius 2 is 2.38 bits per heavy atom.